The first-order valence-corrected chi connectivity index (χ1v) is 4.02. The highest BCUT2D eigenvalue weighted by Crippen LogP contribution is 2.24. The molecule has 0 saturated heterocycles. The van der Waals surface area contributed by atoms with E-state index in [2.05, 4.69) is 6.07 Å². The van der Waals surface area contributed by atoms with Crippen LogP contribution in [-0.2, 0) is 4.74 Å². The summed E-state index contributed by atoms with van der Waals surface area (Å²) in [5, 5.41) is 10.5. The monoisotopic (exact) mass is 196 g/mol. The van der Waals surface area contributed by atoms with Gasteiger partial charge in [-0.3, -0.25) is 10.1 Å². The number of benzene rings is 1. The Labute approximate surface area is 81.4 Å². The lowest BCUT2D eigenvalue weighted by Gasteiger charge is -2.04. The molecule has 1 aromatic carbocycles. The molecule has 0 heterocycles. The average Bonchev–Trinajstić information content (AvgIpc) is 2.19. The Morgan fingerprint density at radius 1 is 1.57 bits per heavy atom. The second kappa shape index (κ2) is 5.18. The zero-order valence-electron chi connectivity index (χ0n) is 7.73. The van der Waals surface area contributed by atoms with Crippen LogP contribution in [0.25, 0.3) is 0 Å². The van der Waals surface area contributed by atoms with Gasteiger partial charge < -0.3 is 9.47 Å². The zero-order chi connectivity index (χ0) is 10.4. The van der Waals surface area contributed by atoms with Gasteiger partial charge in [-0.15, -0.1) is 0 Å². The van der Waals surface area contributed by atoms with E-state index in [0.717, 1.165) is 0 Å². The normalized spacial score (nSPS) is 9.79. The Hall–Kier alpha value is -1.62. The van der Waals surface area contributed by atoms with Crippen LogP contribution >= 0.6 is 0 Å². The maximum absolute atomic E-state index is 10.5. The zero-order valence-corrected chi connectivity index (χ0v) is 7.73. The molecule has 75 valence electrons. The number of para-hydroxylation sites is 1. The predicted octanol–water partition coefficient (Wildman–Crippen LogP) is 1.42. The Balaban J connectivity index is 2.69. The Kier molecular flexibility index (Phi) is 3.87. The molecular weight excluding hydrogens is 186 g/mol. The summed E-state index contributed by atoms with van der Waals surface area (Å²) in [6.07, 6.45) is 0. The molecule has 0 aliphatic heterocycles. The molecule has 1 aromatic rings. The molecule has 0 atom stereocenters. The van der Waals surface area contributed by atoms with Crippen molar-refractivity contribution in [1.29, 1.82) is 0 Å². The Morgan fingerprint density at radius 2 is 2.36 bits per heavy atom. The van der Waals surface area contributed by atoms with E-state index < -0.39 is 4.92 Å². The highest BCUT2D eigenvalue weighted by atomic mass is 16.6. The topological polar surface area (TPSA) is 61.6 Å². The van der Waals surface area contributed by atoms with Crippen LogP contribution in [0.2, 0.25) is 0 Å². The van der Waals surface area contributed by atoms with Crippen LogP contribution in [0.3, 0.4) is 0 Å². The minimum absolute atomic E-state index is 0.0800. The molecule has 1 rings (SSSR count). The van der Waals surface area contributed by atoms with Crippen LogP contribution in [-0.4, -0.2) is 25.2 Å². The fourth-order valence-corrected chi connectivity index (χ4v) is 0.899. The molecule has 0 bridgehead atoms. The molecule has 0 N–H and O–H groups in total. The average molecular weight is 196 g/mol. The molecular formula is C9H10NO4. The molecule has 0 amide bonds. The fraction of sp³-hybridized carbons (Fsp3) is 0.333. The van der Waals surface area contributed by atoms with Crippen molar-refractivity contribution in [3.05, 3.63) is 34.4 Å². The number of ether oxygens (including phenoxy) is 2. The number of nitro benzene ring substituents is 1. The smallest absolute Gasteiger partial charge is 0.311 e. The SMILES string of the molecule is COCCOc1[c]cccc1[N+](=O)[O-]. The van der Waals surface area contributed by atoms with Gasteiger partial charge in [-0.25, -0.2) is 0 Å². The van der Waals surface area contributed by atoms with E-state index in [0.29, 0.717) is 6.61 Å². The van der Waals surface area contributed by atoms with Crippen molar-refractivity contribution >= 4 is 5.69 Å². The highest BCUT2D eigenvalue weighted by Gasteiger charge is 2.13. The summed E-state index contributed by atoms with van der Waals surface area (Å²) < 4.78 is 9.87. The standard InChI is InChI=1S/C9H10NO4/c1-13-6-7-14-9-5-3-2-4-8(9)10(11)12/h2-4H,6-7H2,1H3. The van der Waals surface area contributed by atoms with Crippen LogP contribution in [0.5, 0.6) is 5.75 Å². The third-order valence-electron chi connectivity index (χ3n) is 1.53. The molecule has 0 aromatic heterocycles. The van der Waals surface area contributed by atoms with E-state index in [1.54, 1.807) is 12.1 Å². The second-order valence-electron chi connectivity index (χ2n) is 2.48. The van der Waals surface area contributed by atoms with Crippen molar-refractivity contribution in [3.63, 3.8) is 0 Å². The summed E-state index contributed by atoms with van der Waals surface area (Å²) >= 11 is 0. The fourth-order valence-electron chi connectivity index (χ4n) is 0.899. The maximum Gasteiger partial charge on any atom is 0.311 e. The lowest BCUT2D eigenvalue weighted by Crippen LogP contribution is -2.05. The Bertz CT molecular complexity index is 313. The van der Waals surface area contributed by atoms with Crippen LogP contribution < -0.4 is 4.74 Å². The van der Waals surface area contributed by atoms with Gasteiger partial charge in [-0.1, -0.05) is 6.07 Å². The molecule has 1 radical (unpaired) electrons. The van der Waals surface area contributed by atoms with Crippen LogP contribution in [0.1, 0.15) is 0 Å². The minimum atomic E-state index is -0.501. The summed E-state index contributed by atoms with van der Waals surface area (Å²) in [5.41, 5.74) is -0.0800. The van der Waals surface area contributed by atoms with Crippen molar-refractivity contribution in [2.75, 3.05) is 20.3 Å². The molecule has 5 heteroatoms. The molecule has 5 nitrogen and oxygen atoms in total. The van der Waals surface area contributed by atoms with Crippen molar-refractivity contribution in [2.45, 2.75) is 0 Å². The van der Waals surface area contributed by atoms with Crippen LogP contribution in [0.4, 0.5) is 5.69 Å². The number of methoxy groups -OCH3 is 1. The highest BCUT2D eigenvalue weighted by molar-refractivity contribution is 5.44. The van der Waals surface area contributed by atoms with Crippen molar-refractivity contribution < 1.29 is 14.4 Å². The van der Waals surface area contributed by atoms with Crippen molar-refractivity contribution in [2.24, 2.45) is 0 Å². The first kappa shape index (κ1) is 10.5. The maximum atomic E-state index is 10.5. The number of nitro groups is 1. The second-order valence-corrected chi connectivity index (χ2v) is 2.48. The number of hydrogen-bond acceptors (Lipinski definition) is 4. The van der Waals surface area contributed by atoms with Crippen LogP contribution in [0.15, 0.2) is 18.2 Å². The van der Waals surface area contributed by atoms with Crippen molar-refractivity contribution in [1.82, 2.24) is 0 Å². The quantitative estimate of drug-likeness (QED) is 0.406. The first-order valence-electron chi connectivity index (χ1n) is 4.02. The number of rotatable bonds is 5. The van der Waals surface area contributed by atoms with Crippen LogP contribution in [0, 0.1) is 16.2 Å². The third-order valence-corrected chi connectivity index (χ3v) is 1.53. The van der Waals surface area contributed by atoms with Gasteiger partial charge in [-0.05, 0) is 6.07 Å². The van der Waals surface area contributed by atoms with Gasteiger partial charge in [0.05, 0.1) is 11.5 Å². The summed E-state index contributed by atoms with van der Waals surface area (Å²) in [6.45, 7) is 0.664. The van der Waals surface area contributed by atoms with Gasteiger partial charge in [0.15, 0.2) is 0 Å². The van der Waals surface area contributed by atoms with Gasteiger partial charge in [0.2, 0.25) is 5.75 Å². The van der Waals surface area contributed by atoms with E-state index >= 15 is 0 Å². The molecule has 0 unspecified atom stereocenters. The Morgan fingerprint density at radius 3 is 3.00 bits per heavy atom. The third kappa shape index (κ3) is 2.70. The summed E-state index contributed by atoms with van der Waals surface area (Å²) in [6, 6.07) is 7.14. The molecule has 0 fully saturated rings. The van der Waals surface area contributed by atoms with E-state index in [1.807, 2.05) is 0 Å². The van der Waals surface area contributed by atoms with E-state index in [4.69, 9.17) is 9.47 Å². The molecule has 0 saturated carbocycles. The summed E-state index contributed by atoms with van der Waals surface area (Å²) in [4.78, 5) is 10.0. The molecule has 0 spiro atoms. The lowest BCUT2D eigenvalue weighted by atomic mass is 10.3. The number of nitrogens with zero attached hydrogens (tertiary/aromatic N) is 1. The van der Waals surface area contributed by atoms with Gasteiger partial charge in [0.25, 0.3) is 0 Å². The van der Waals surface area contributed by atoms with E-state index in [1.165, 1.54) is 13.2 Å². The summed E-state index contributed by atoms with van der Waals surface area (Å²) in [5.74, 6) is 0.148. The van der Waals surface area contributed by atoms with Gasteiger partial charge in [0.1, 0.15) is 6.61 Å². The minimum Gasteiger partial charge on any atom is -0.484 e. The molecule has 0 aliphatic carbocycles. The van der Waals surface area contributed by atoms with E-state index in [9.17, 15) is 10.1 Å². The van der Waals surface area contributed by atoms with Gasteiger partial charge in [0, 0.05) is 19.2 Å². The van der Waals surface area contributed by atoms with E-state index in [-0.39, 0.29) is 18.0 Å². The van der Waals surface area contributed by atoms with Gasteiger partial charge in [-0.2, -0.15) is 0 Å². The largest absolute Gasteiger partial charge is 0.484 e. The molecule has 0 aliphatic rings. The first-order chi connectivity index (χ1) is 6.75. The summed E-state index contributed by atoms with van der Waals surface area (Å²) in [7, 11) is 1.53. The predicted molar refractivity (Wildman–Crippen MR) is 49.3 cm³/mol. The molecule has 14 heavy (non-hydrogen) atoms. The van der Waals surface area contributed by atoms with Gasteiger partial charge >= 0.3 is 5.69 Å². The van der Waals surface area contributed by atoms with Crippen molar-refractivity contribution in [3.8, 4) is 5.75 Å². The lowest BCUT2D eigenvalue weighted by molar-refractivity contribution is -0.385. The number of hydrogen-bond donors (Lipinski definition) is 0.